The van der Waals surface area contributed by atoms with E-state index in [0.29, 0.717) is 39.7 Å². The van der Waals surface area contributed by atoms with Crippen LogP contribution in [0.15, 0.2) is 91.1 Å². The fraction of sp³-hybridized carbons (Fsp3) is 0.152. The molecule has 0 radical (unpaired) electrons. The second-order valence-corrected chi connectivity index (χ2v) is 13.5. The number of urea groups is 1. The average Bonchev–Trinajstić information content (AvgIpc) is 2.98. The highest BCUT2D eigenvalue weighted by atomic mass is 31.2. The van der Waals surface area contributed by atoms with Crippen LogP contribution in [0.5, 0.6) is 23.0 Å². The van der Waals surface area contributed by atoms with E-state index in [1.165, 1.54) is 7.11 Å². The fourth-order valence-electron chi connectivity index (χ4n) is 4.73. The summed E-state index contributed by atoms with van der Waals surface area (Å²) in [5.41, 5.74) is 2.74. The fourth-order valence-corrected chi connectivity index (χ4v) is 5.94. The first-order valence-electron chi connectivity index (χ1n) is 13.5. The van der Waals surface area contributed by atoms with Gasteiger partial charge in [-0.3, -0.25) is 0 Å². The molecule has 0 saturated carbocycles. The second-order valence-electron chi connectivity index (χ2n) is 10.3. The molecule has 43 heavy (non-hydrogen) atoms. The number of fused-ring (bicyclic) bond motifs is 1. The molecule has 0 aliphatic rings. The number of hydrogen-bond acceptors (Lipinski definition) is 7. The normalized spacial score (nSPS) is 11.1. The molecule has 0 spiro atoms. The van der Waals surface area contributed by atoms with Crippen LogP contribution in [0.4, 0.5) is 27.7 Å². The highest BCUT2D eigenvalue weighted by molar-refractivity contribution is 7.70. The standard InChI is InChI=1S/C33H33N4O5P/c1-21-17-28(32(41-3)30(18-21)43(4,5)39)37-33(38)36-27-13-14-29(26-12-7-6-11-25(26)27)42-24-15-16-34-31(20-24)35-22-9-8-10-23(19-22)40-2/h6-20H,1-5H3,(H,34,35)(H2,36,37,38). The molecular weight excluding hydrogens is 563 g/mol. The minimum Gasteiger partial charge on any atom is -0.497 e. The van der Waals surface area contributed by atoms with Gasteiger partial charge in [-0.1, -0.05) is 30.3 Å². The molecule has 4 aromatic carbocycles. The summed E-state index contributed by atoms with van der Waals surface area (Å²) in [6.07, 6.45) is 1.67. The lowest BCUT2D eigenvalue weighted by atomic mass is 10.1. The zero-order valence-electron chi connectivity index (χ0n) is 24.6. The monoisotopic (exact) mass is 596 g/mol. The molecule has 10 heteroatoms. The molecule has 0 fully saturated rings. The van der Waals surface area contributed by atoms with Crippen molar-refractivity contribution in [3.63, 3.8) is 0 Å². The molecule has 220 valence electrons. The van der Waals surface area contributed by atoms with Crippen molar-refractivity contribution in [1.29, 1.82) is 0 Å². The van der Waals surface area contributed by atoms with Crippen LogP contribution in [0.2, 0.25) is 0 Å². The summed E-state index contributed by atoms with van der Waals surface area (Å²) in [6.45, 7) is 5.23. The van der Waals surface area contributed by atoms with E-state index in [9.17, 15) is 9.36 Å². The molecule has 9 nitrogen and oxygen atoms in total. The van der Waals surface area contributed by atoms with E-state index in [1.807, 2.05) is 73.7 Å². The van der Waals surface area contributed by atoms with Crippen molar-refractivity contribution in [2.45, 2.75) is 6.92 Å². The SMILES string of the molecule is COc1cccc(Nc2cc(Oc3ccc(NC(=O)Nc4cc(C)cc(P(C)(C)=O)c4OC)c4ccccc34)ccn2)c1. The molecule has 0 aliphatic heterocycles. The number of hydrogen-bond donors (Lipinski definition) is 3. The molecule has 5 rings (SSSR count). The lowest BCUT2D eigenvalue weighted by molar-refractivity contribution is 0.262. The summed E-state index contributed by atoms with van der Waals surface area (Å²) in [5.74, 6) is 2.95. The predicted molar refractivity (Wildman–Crippen MR) is 174 cm³/mol. The highest BCUT2D eigenvalue weighted by Crippen LogP contribution is 2.42. The van der Waals surface area contributed by atoms with E-state index in [1.54, 1.807) is 44.8 Å². The van der Waals surface area contributed by atoms with Gasteiger partial charge in [0, 0.05) is 34.8 Å². The molecule has 0 bridgehead atoms. The van der Waals surface area contributed by atoms with Crippen LogP contribution in [-0.2, 0) is 4.57 Å². The van der Waals surface area contributed by atoms with E-state index in [4.69, 9.17) is 14.2 Å². The molecule has 0 aliphatic carbocycles. The average molecular weight is 597 g/mol. The first kappa shape index (κ1) is 29.5. The van der Waals surface area contributed by atoms with Crippen molar-refractivity contribution in [2.75, 3.05) is 43.5 Å². The largest absolute Gasteiger partial charge is 0.497 e. The lowest BCUT2D eigenvalue weighted by Crippen LogP contribution is -2.22. The van der Waals surface area contributed by atoms with Crippen LogP contribution < -0.4 is 35.5 Å². The third-order valence-electron chi connectivity index (χ3n) is 6.68. The van der Waals surface area contributed by atoms with Gasteiger partial charge in [0.05, 0.1) is 30.9 Å². The number of benzene rings is 4. The molecule has 0 unspecified atom stereocenters. The summed E-state index contributed by atoms with van der Waals surface area (Å²) in [5, 5.41) is 11.3. The number of nitrogens with one attached hydrogen (secondary N) is 3. The van der Waals surface area contributed by atoms with Crippen molar-refractivity contribution < 1.29 is 23.6 Å². The summed E-state index contributed by atoms with van der Waals surface area (Å²) < 4.78 is 30.0. The van der Waals surface area contributed by atoms with Gasteiger partial charge >= 0.3 is 6.03 Å². The third-order valence-corrected chi connectivity index (χ3v) is 8.17. The van der Waals surface area contributed by atoms with Gasteiger partial charge in [0.1, 0.15) is 30.2 Å². The van der Waals surface area contributed by atoms with Gasteiger partial charge in [-0.2, -0.15) is 0 Å². The Morgan fingerprint density at radius 1 is 0.791 bits per heavy atom. The van der Waals surface area contributed by atoms with Gasteiger partial charge < -0.3 is 34.7 Å². The van der Waals surface area contributed by atoms with Crippen LogP contribution in [-0.4, -0.2) is 38.6 Å². The number of aryl methyl sites for hydroxylation is 1. The third kappa shape index (κ3) is 6.90. The second kappa shape index (κ2) is 12.5. The maximum atomic E-state index is 13.2. The molecule has 3 N–H and O–H groups in total. The van der Waals surface area contributed by atoms with E-state index in [2.05, 4.69) is 20.9 Å². The number of carbonyl (C=O) groups excluding carboxylic acids is 1. The van der Waals surface area contributed by atoms with Gasteiger partial charge in [-0.25, -0.2) is 9.78 Å². The molecule has 1 heterocycles. The van der Waals surface area contributed by atoms with Gasteiger partial charge in [-0.05, 0) is 68.3 Å². The van der Waals surface area contributed by atoms with E-state index in [0.717, 1.165) is 27.8 Å². The Labute approximate surface area is 250 Å². The van der Waals surface area contributed by atoms with Crippen molar-refractivity contribution in [2.24, 2.45) is 0 Å². The Morgan fingerprint density at radius 2 is 1.56 bits per heavy atom. The lowest BCUT2D eigenvalue weighted by Gasteiger charge is -2.19. The van der Waals surface area contributed by atoms with E-state index in [-0.39, 0.29) is 0 Å². The predicted octanol–water partition coefficient (Wildman–Crippen LogP) is 7.99. The van der Waals surface area contributed by atoms with E-state index >= 15 is 0 Å². The zero-order chi connectivity index (χ0) is 30.6. The van der Waals surface area contributed by atoms with Crippen LogP contribution >= 0.6 is 7.14 Å². The highest BCUT2D eigenvalue weighted by Gasteiger charge is 2.22. The molecule has 0 saturated heterocycles. The van der Waals surface area contributed by atoms with Gasteiger partial charge in [-0.15, -0.1) is 0 Å². The van der Waals surface area contributed by atoms with Crippen molar-refractivity contribution in [1.82, 2.24) is 4.98 Å². The summed E-state index contributed by atoms with van der Waals surface area (Å²) in [4.78, 5) is 17.6. The first-order chi connectivity index (χ1) is 20.6. The number of anilines is 4. The Bertz CT molecular complexity index is 1850. The maximum Gasteiger partial charge on any atom is 0.323 e. The molecule has 5 aromatic rings. The van der Waals surface area contributed by atoms with Crippen molar-refractivity contribution >= 4 is 52.1 Å². The van der Waals surface area contributed by atoms with Crippen molar-refractivity contribution in [3.05, 3.63) is 96.7 Å². The number of nitrogens with zero attached hydrogens (tertiary/aromatic N) is 1. The van der Waals surface area contributed by atoms with Crippen LogP contribution in [0.25, 0.3) is 10.8 Å². The summed E-state index contributed by atoms with van der Waals surface area (Å²) in [7, 11) is 0.471. The molecule has 2 amide bonds. The number of amides is 2. The van der Waals surface area contributed by atoms with Gasteiger partial charge in [0.25, 0.3) is 0 Å². The Balaban J connectivity index is 1.37. The van der Waals surface area contributed by atoms with E-state index < -0.39 is 13.2 Å². The molecule has 1 aromatic heterocycles. The first-order valence-corrected chi connectivity index (χ1v) is 16.1. The Morgan fingerprint density at radius 3 is 2.30 bits per heavy atom. The molecular formula is C33H33N4O5P. The number of aromatic nitrogens is 1. The number of methoxy groups -OCH3 is 2. The number of pyridine rings is 1. The topological polar surface area (TPSA) is 111 Å². The van der Waals surface area contributed by atoms with Crippen molar-refractivity contribution in [3.8, 4) is 23.0 Å². The zero-order valence-corrected chi connectivity index (χ0v) is 25.5. The van der Waals surface area contributed by atoms with Gasteiger partial charge in [0.2, 0.25) is 0 Å². The van der Waals surface area contributed by atoms with Crippen LogP contribution in [0, 0.1) is 6.92 Å². The smallest absolute Gasteiger partial charge is 0.323 e. The summed E-state index contributed by atoms with van der Waals surface area (Å²) >= 11 is 0. The molecule has 0 atom stereocenters. The van der Waals surface area contributed by atoms with Gasteiger partial charge in [0.15, 0.2) is 5.75 Å². The Hall–Kier alpha value is -5.01. The van der Waals surface area contributed by atoms with Crippen LogP contribution in [0.3, 0.4) is 0 Å². The number of rotatable bonds is 9. The van der Waals surface area contributed by atoms with Crippen LogP contribution in [0.1, 0.15) is 5.56 Å². The minimum atomic E-state index is -2.65. The minimum absolute atomic E-state index is 0.389. The quantitative estimate of drug-likeness (QED) is 0.148. The number of carbonyl (C=O) groups is 1. The number of ether oxygens (including phenoxy) is 3. The summed E-state index contributed by atoms with van der Waals surface area (Å²) in [6, 6.07) is 25.6. The Kier molecular flexibility index (Phi) is 8.55. The maximum absolute atomic E-state index is 13.2.